The van der Waals surface area contributed by atoms with Crippen LogP contribution in [0.15, 0.2) is 41.6 Å². The molecule has 0 N–H and O–H groups in total. The molecule has 1 saturated heterocycles. The topological polar surface area (TPSA) is 101 Å². The van der Waals surface area contributed by atoms with E-state index in [4.69, 9.17) is 4.63 Å². The standard InChI is InChI=1S/C17H20N6O3/c1-3-5-15(17-14(12-23(24)25)19-26-20-17)21-8-10-22(11-9-21)16-7-4-6-13(2)18-16/h3-7H,1,8-12H2,2H3/b15-5+. The molecule has 0 amide bonds. The van der Waals surface area contributed by atoms with Crippen molar-refractivity contribution in [3.8, 4) is 0 Å². The molecule has 26 heavy (non-hydrogen) atoms. The number of nitro groups is 1. The molecule has 1 aliphatic rings. The predicted molar refractivity (Wildman–Crippen MR) is 95.9 cm³/mol. The van der Waals surface area contributed by atoms with E-state index in [0.29, 0.717) is 5.69 Å². The fourth-order valence-electron chi connectivity index (χ4n) is 2.95. The van der Waals surface area contributed by atoms with Crippen molar-refractivity contribution in [3.63, 3.8) is 0 Å². The third kappa shape index (κ3) is 3.88. The number of aryl methyl sites for hydroxylation is 1. The first-order valence-corrected chi connectivity index (χ1v) is 8.28. The van der Waals surface area contributed by atoms with Gasteiger partial charge in [-0.05, 0) is 35.4 Å². The Hall–Kier alpha value is -3.23. The van der Waals surface area contributed by atoms with Gasteiger partial charge in [-0.1, -0.05) is 18.7 Å². The summed E-state index contributed by atoms with van der Waals surface area (Å²) < 4.78 is 4.74. The Morgan fingerprint density at radius 1 is 1.35 bits per heavy atom. The van der Waals surface area contributed by atoms with Gasteiger partial charge >= 0.3 is 0 Å². The van der Waals surface area contributed by atoms with E-state index in [0.717, 1.165) is 43.4 Å². The van der Waals surface area contributed by atoms with Crippen molar-refractivity contribution in [1.82, 2.24) is 20.2 Å². The van der Waals surface area contributed by atoms with E-state index in [1.165, 1.54) is 0 Å². The molecule has 1 fully saturated rings. The van der Waals surface area contributed by atoms with E-state index in [1.54, 1.807) is 12.2 Å². The molecule has 136 valence electrons. The van der Waals surface area contributed by atoms with Crippen molar-refractivity contribution in [1.29, 1.82) is 0 Å². The van der Waals surface area contributed by atoms with Crippen LogP contribution < -0.4 is 4.90 Å². The van der Waals surface area contributed by atoms with Crippen molar-refractivity contribution >= 4 is 11.5 Å². The van der Waals surface area contributed by atoms with Gasteiger partial charge in [0.1, 0.15) is 5.82 Å². The lowest BCUT2D eigenvalue weighted by Crippen LogP contribution is -2.46. The summed E-state index contributed by atoms with van der Waals surface area (Å²) in [4.78, 5) is 19.3. The molecule has 0 radical (unpaired) electrons. The van der Waals surface area contributed by atoms with Crippen LogP contribution in [0.3, 0.4) is 0 Å². The maximum Gasteiger partial charge on any atom is 0.251 e. The van der Waals surface area contributed by atoms with Gasteiger partial charge in [0.05, 0.1) is 5.70 Å². The lowest BCUT2D eigenvalue weighted by molar-refractivity contribution is -0.497. The summed E-state index contributed by atoms with van der Waals surface area (Å²) in [5.74, 6) is 0.955. The van der Waals surface area contributed by atoms with E-state index in [1.807, 2.05) is 25.1 Å². The lowest BCUT2D eigenvalue weighted by atomic mass is 10.1. The van der Waals surface area contributed by atoms with Crippen molar-refractivity contribution in [3.05, 3.63) is 64.1 Å². The minimum atomic E-state index is -0.449. The van der Waals surface area contributed by atoms with Crippen LogP contribution in [-0.4, -0.2) is 51.3 Å². The Labute approximate surface area is 150 Å². The largest absolute Gasteiger partial charge is 0.366 e. The molecule has 0 saturated carbocycles. The zero-order chi connectivity index (χ0) is 18.5. The summed E-state index contributed by atoms with van der Waals surface area (Å²) in [6.45, 7) is 8.27. The number of hydrogen-bond donors (Lipinski definition) is 0. The van der Waals surface area contributed by atoms with Gasteiger partial charge in [-0.2, -0.15) is 0 Å². The maximum atomic E-state index is 10.8. The van der Waals surface area contributed by atoms with Crippen LogP contribution in [0, 0.1) is 17.0 Å². The summed E-state index contributed by atoms with van der Waals surface area (Å²) in [7, 11) is 0. The molecule has 1 aliphatic heterocycles. The number of piperazine rings is 1. The normalized spacial score (nSPS) is 15.2. The smallest absolute Gasteiger partial charge is 0.251 e. The van der Waals surface area contributed by atoms with Crippen LogP contribution in [0.4, 0.5) is 5.82 Å². The van der Waals surface area contributed by atoms with Gasteiger partial charge in [-0.15, -0.1) is 0 Å². The van der Waals surface area contributed by atoms with Gasteiger partial charge in [0.15, 0.2) is 11.4 Å². The van der Waals surface area contributed by atoms with Crippen molar-refractivity contribution < 1.29 is 9.55 Å². The molecular weight excluding hydrogens is 336 g/mol. The number of nitrogens with zero attached hydrogens (tertiary/aromatic N) is 6. The number of hydrogen-bond acceptors (Lipinski definition) is 8. The quantitative estimate of drug-likeness (QED) is 0.439. The highest BCUT2D eigenvalue weighted by atomic mass is 16.6. The first-order valence-electron chi connectivity index (χ1n) is 8.28. The van der Waals surface area contributed by atoms with Crippen LogP contribution in [-0.2, 0) is 6.54 Å². The minimum Gasteiger partial charge on any atom is -0.366 e. The van der Waals surface area contributed by atoms with Gasteiger partial charge in [0.2, 0.25) is 0 Å². The molecule has 0 atom stereocenters. The first kappa shape index (κ1) is 17.6. The van der Waals surface area contributed by atoms with E-state index in [-0.39, 0.29) is 5.69 Å². The molecular formula is C17H20N6O3. The molecule has 2 aromatic rings. The number of rotatable bonds is 6. The second kappa shape index (κ2) is 7.77. The summed E-state index contributed by atoms with van der Waals surface area (Å²) in [5, 5.41) is 18.4. The number of pyridine rings is 1. The highest BCUT2D eigenvalue weighted by Crippen LogP contribution is 2.24. The summed E-state index contributed by atoms with van der Waals surface area (Å²) in [6, 6.07) is 5.97. The number of aromatic nitrogens is 3. The van der Waals surface area contributed by atoms with E-state index >= 15 is 0 Å². The van der Waals surface area contributed by atoms with Gasteiger partial charge in [0.25, 0.3) is 6.54 Å². The van der Waals surface area contributed by atoms with Crippen molar-refractivity contribution in [2.45, 2.75) is 13.5 Å². The third-order valence-electron chi connectivity index (χ3n) is 4.17. The van der Waals surface area contributed by atoms with Crippen molar-refractivity contribution in [2.24, 2.45) is 0 Å². The molecule has 2 aromatic heterocycles. The molecule has 9 heteroatoms. The number of allylic oxidation sites excluding steroid dienone is 2. The third-order valence-corrected chi connectivity index (χ3v) is 4.17. The highest BCUT2D eigenvalue weighted by Gasteiger charge is 2.26. The Balaban J connectivity index is 1.75. The first-order chi connectivity index (χ1) is 12.6. The SMILES string of the molecule is C=C/C=C(\c1nonc1C[N+](=O)[O-])N1CCN(c2cccc(C)n2)CC1. The van der Waals surface area contributed by atoms with Crippen LogP contribution in [0.25, 0.3) is 5.70 Å². The Morgan fingerprint density at radius 3 is 2.77 bits per heavy atom. The maximum absolute atomic E-state index is 10.8. The molecule has 0 aliphatic carbocycles. The molecule has 3 rings (SSSR count). The minimum absolute atomic E-state index is 0.214. The second-order valence-electron chi connectivity index (χ2n) is 5.95. The monoisotopic (exact) mass is 356 g/mol. The molecule has 9 nitrogen and oxygen atoms in total. The Bertz CT molecular complexity index is 823. The lowest BCUT2D eigenvalue weighted by Gasteiger charge is -2.37. The molecule has 0 aromatic carbocycles. The Morgan fingerprint density at radius 2 is 2.12 bits per heavy atom. The number of anilines is 1. The zero-order valence-corrected chi connectivity index (χ0v) is 14.5. The molecule has 0 bridgehead atoms. The van der Waals surface area contributed by atoms with E-state index in [2.05, 4.69) is 31.7 Å². The van der Waals surface area contributed by atoms with Crippen molar-refractivity contribution in [2.75, 3.05) is 31.1 Å². The molecule has 0 unspecified atom stereocenters. The summed E-state index contributed by atoms with van der Waals surface area (Å²) in [5.41, 5.74) is 2.32. The van der Waals surface area contributed by atoms with Gasteiger partial charge < -0.3 is 9.80 Å². The second-order valence-corrected chi connectivity index (χ2v) is 5.95. The Kier molecular flexibility index (Phi) is 5.26. The predicted octanol–water partition coefficient (Wildman–Crippen LogP) is 1.90. The van der Waals surface area contributed by atoms with E-state index in [9.17, 15) is 10.1 Å². The fourth-order valence-corrected chi connectivity index (χ4v) is 2.95. The fraction of sp³-hybridized carbons (Fsp3) is 0.353. The summed E-state index contributed by atoms with van der Waals surface area (Å²) >= 11 is 0. The average Bonchev–Trinajstić information content (AvgIpc) is 3.07. The van der Waals surface area contributed by atoms with Gasteiger partial charge in [-0.25, -0.2) is 9.61 Å². The molecule has 0 spiro atoms. The zero-order valence-electron chi connectivity index (χ0n) is 14.5. The van der Waals surface area contributed by atoms with E-state index < -0.39 is 11.5 Å². The summed E-state index contributed by atoms with van der Waals surface area (Å²) in [6.07, 6.45) is 3.41. The molecule has 3 heterocycles. The highest BCUT2D eigenvalue weighted by molar-refractivity contribution is 5.64. The van der Waals surface area contributed by atoms with Crippen LogP contribution in [0.2, 0.25) is 0 Å². The van der Waals surface area contributed by atoms with Crippen LogP contribution in [0.1, 0.15) is 17.1 Å². The average molecular weight is 356 g/mol. The van der Waals surface area contributed by atoms with Crippen LogP contribution >= 0.6 is 0 Å². The van der Waals surface area contributed by atoms with Crippen LogP contribution in [0.5, 0.6) is 0 Å². The van der Waals surface area contributed by atoms with Gasteiger partial charge in [0, 0.05) is 36.8 Å². The van der Waals surface area contributed by atoms with Gasteiger partial charge in [-0.3, -0.25) is 10.1 Å².